The number of ether oxygens (including phenoxy) is 1. The quantitative estimate of drug-likeness (QED) is 0.457. The molecule has 0 aliphatic carbocycles. The molecule has 18 heavy (non-hydrogen) atoms. The van der Waals surface area contributed by atoms with Crippen LogP contribution in [0.15, 0.2) is 12.1 Å². The average Bonchev–Trinajstić information content (AvgIpc) is 2.17. The maximum atomic E-state index is 11.5. The van der Waals surface area contributed by atoms with Gasteiger partial charge in [-0.15, -0.1) is 0 Å². The molecule has 0 atom stereocenters. The molecule has 0 bridgehead atoms. The summed E-state index contributed by atoms with van der Waals surface area (Å²) in [6.07, 6.45) is 0. The predicted octanol–water partition coefficient (Wildman–Crippen LogP) is 3.42. The molecule has 1 aromatic carbocycles. The fourth-order valence-electron chi connectivity index (χ4n) is 1.81. The van der Waals surface area contributed by atoms with Crippen LogP contribution in [-0.4, -0.2) is 11.8 Å². The molecular formula is C15H20O3. The van der Waals surface area contributed by atoms with Crippen molar-refractivity contribution < 1.29 is 14.3 Å². The number of Topliss-reactive ketones (excluding diaryl/α,β-unsaturated/α-hetero) is 1. The lowest BCUT2D eigenvalue weighted by Crippen LogP contribution is -2.17. The number of hydrogen-bond donors (Lipinski definition) is 0. The summed E-state index contributed by atoms with van der Waals surface area (Å²) in [6, 6.07) is 3.57. The van der Waals surface area contributed by atoms with E-state index in [9.17, 15) is 9.59 Å². The molecule has 0 saturated carbocycles. The monoisotopic (exact) mass is 248 g/mol. The van der Waals surface area contributed by atoms with Crippen LogP contribution < -0.4 is 4.74 Å². The van der Waals surface area contributed by atoms with Crippen LogP contribution in [0.5, 0.6) is 5.75 Å². The largest absolute Gasteiger partial charge is 0.426 e. The van der Waals surface area contributed by atoms with Gasteiger partial charge in [0.05, 0.1) is 0 Å². The maximum Gasteiger partial charge on any atom is 0.308 e. The first-order valence-electron chi connectivity index (χ1n) is 5.97. The number of aryl methyl sites for hydroxylation is 1. The zero-order valence-corrected chi connectivity index (χ0v) is 11.9. The maximum absolute atomic E-state index is 11.5. The van der Waals surface area contributed by atoms with Gasteiger partial charge in [0.25, 0.3) is 0 Å². The second-order valence-corrected chi connectivity index (χ2v) is 5.57. The summed E-state index contributed by atoms with van der Waals surface area (Å²) in [5.41, 5.74) is 2.14. The van der Waals surface area contributed by atoms with Gasteiger partial charge in [0.2, 0.25) is 0 Å². The highest BCUT2D eigenvalue weighted by molar-refractivity contribution is 5.95. The van der Waals surface area contributed by atoms with Gasteiger partial charge in [0.1, 0.15) is 5.75 Å². The summed E-state index contributed by atoms with van der Waals surface area (Å²) in [7, 11) is 0. The van der Waals surface area contributed by atoms with E-state index in [1.165, 1.54) is 13.8 Å². The SMILES string of the molecule is CC(=O)Oc1c(C)cc(C(C)=O)cc1C(C)(C)C. The van der Waals surface area contributed by atoms with Crippen molar-refractivity contribution in [3.05, 3.63) is 28.8 Å². The van der Waals surface area contributed by atoms with E-state index in [4.69, 9.17) is 4.74 Å². The second-order valence-electron chi connectivity index (χ2n) is 5.57. The smallest absolute Gasteiger partial charge is 0.308 e. The molecule has 3 nitrogen and oxygen atoms in total. The van der Waals surface area contributed by atoms with Crippen LogP contribution in [0.25, 0.3) is 0 Å². The van der Waals surface area contributed by atoms with E-state index in [0.29, 0.717) is 11.3 Å². The lowest BCUT2D eigenvalue weighted by Gasteiger charge is -2.24. The highest BCUT2D eigenvalue weighted by Gasteiger charge is 2.23. The van der Waals surface area contributed by atoms with Crippen LogP contribution in [0.1, 0.15) is 56.1 Å². The van der Waals surface area contributed by atoms with Crippen molar-refractivity contribution in [3.8, 4) is 5.75 Å². The topological polar surface area (TPSA) is 43.4 Å². The van der Waals surface area contributed by atoms with Crippen molar-refractivity contribution in [2.75, 3.05) is 0 Å². The highest BCUT2D eigenvalue weighted by Crippen LogP contribution is 2.35. The van der Waals surface area contributed by atoms with Crippen molar-refractivity contribution in [1.29, 1.82) is 0 Å². The summed E-state index contributed by atoms with van der Waals surface area (Å²) in [5.74, 6) is 0.233. The number of hydrogen-bond acceptors (Lipinski definition) is 3. The minimum atomic E-state index is -0.348. The van der Waals surface area contributed by atoms with E-state index in [2.05, 4.69) is 0 Å². The molecule has 0 N–H and O–H groups in total. The lowest BCUT2D eigenvalue weighted by molar-refractivity contribution is -0.132. The molecular weight excluding hydrogens is 228 g/mol. The zero-order valence-electron chi connectivity index (χ0n) is 11.9. The first kappa shape index (κ1) is 14.4. The van der Waals surface area contributed by atoms with E-state index in [1.54, 1.807) is 6.07 Å². The van der Waals surface area contributed by atoms with E-state index in [0.717, 1.165) is 11.1 Å². The van der Waals surface area contributed by atoms with Crippen LogP contribution in [-0.2, 0) is 10.2 Å². The number of benzene rings is 1. The standard InChI is InChI=1S/C15H20O3/c1-9-7-12(10(2)16)8-13(15(4,5)6)14(9)18-11(3)17/h7-8H,1-6H3. The number of esters is 1. The normalized spacial score (nSPS) is 11.2. The van der Waals surface area contributed by atoms with Crippen LogP contribution in [0.2, 0.25) is 0 Å². The van der Waals surface area contributed by atoms with E-state index in [1.807, 2.05) is 33.8 Å². The van der Waals surface area contributed by atoms with E-state index >= 15 is 0 Å². The summed E-state index contributed by atoms with van der Waals surface area (Å²) in [4.78, 5) is 22.7. The Morgan fingerprint density at radius 2 is 1.67 bits per heavy atom. The molecule has 0 amide bonds. The number of carbonyl (C=O) groups is 2. The van der Waals surface area contributed by atoms with Gasteiger partial charge in [0.15, 0.2) is 5.78 Å². The average molecular weight is 248 g/mol. The third-order valence-electron chi connectivity index (χ3n) is 2.73. The highest BCUT2D eigenvalue weighted by atomic mass is 16.5. The number of rotatable bonds is 2. The molecule has 0 spiro atoms. The Bertz CT molecular complexity index is 493. The van der Waals surface area contributed by atoms with Crippen molar-refractivity contribution in [2.24, 2.45) is 0 Å². The molecule has 0 unspecified atom stereocenters. The van der Waals surface area contributed by atoms with E-state index < -0.39 is 0 Å². The Labute approximate surface area is 108 Å². The van der Waals surface area contributed by atoms with Crippen LogP contribution in [0, 0.1) is 6.92 Å². The Kier molecular flexibility index (Phi) is 3.95. The van der Waals surface area contributed by atoms with Gasteiger partial charge < -0.3 is 4.74 Å². The number of carbonyl (C=O) groups excluding carboxylic acids is 2. The fraction of sp³-hybridized carbons (Fsp3) is 0.467. The third kappa shape index (κ3) is 3.19. The van der Waals surface area contributed by atoms with Gasteiger partial charge in [-0.2, -0.15) is 0 Å². The van der Waals surface area contributed by atoms with Gasteiger partial charge in [-0.3, -0.25) is 9.59 Å². The van der Waals surface area contributed by atoms with Crippen molar-refractivity contribution in [2.45, 2.75) is 47.0 Å². The first-order valence-corrected chi connectivity index (χ1v) is 5.97. The van der Waals surface area contributed by atoms with Crippen molar-refractivity contribution >= 4 is 11.8 Å². The van der Waals surface area contributed by atoms with Crippen molar-refractivity contribution in [3.63, 3.8) is 0 Å². The first-order chi connectivity index (χ1) is 8.12. The fourth-order valence-corrected chi connectivity index (χ4v) is 1.81. The van der Waals surface area contributed by atoms with E-state index in [-0.39, 0.29) is 17.2 Å². The lowest BCUT2D eigenvalue weighted by atomic mass is 9.83. The summed E-state index contributed by atoms with van der Waals surface area (Å²) >= 11 is 0. The summed E-state index contributed by atoms with van der Waals surface area (Å²) in [5, 5.41) is 0. The minimum Gasteiger partial charge on any atom is -0.426 e. The third-order valence-corrected chi connectivity index (χ3v) is 2.73. The van der Waals surface area contributed by atoms with Crippen LogP contribution in [0.3, 0.4) is 0 Å². The molecule has 0 aliphatic rings. The molecule has 98 valence electrons. The van der Waals surface area contributed by atoms with Gasteiger partial charge in [-0.05, 0) is 37.0 Å². The molecule has 0 aromatic heterocycles. The van der Waals surface area contributed by atoms with Crippen molar-refractivity contribution in [1.82, 2.24) is 0 Å². The zero-order chi connectivity index (χ0) is 14.1. The Morgan fingerprint density at radius 3 is 2.06 bits per heavy atom. The predicted molar refractivity (Wildman–Crippen MR) is 71.2 cm³/mol. The Balaban J connectivity index is 3.49. The van der Waals surface area contributed by atoms with Crippen LogP contribution in [0.4, 0.5) is 0 Å². The number of ketones is 1. The van der Waals surface area contributed by atoms with Gasteiger partial charge in [-0.1, -0.05) is 20.8 Å². The van der Waals surface area contributed by atoms with Crippen LogP contribution >= 0.6 is 0 Å². The molecule has 0 fully saturated rings. The molecule has 0 aliphatic heterocycles. The minimum absolute atomic E-state index is 0.0120. The molecule has 0 heterocycles. The molecule has 1 rings (SSSR count). The molecule has 1 aromatic rings. The molecule has 0 saturated heterocycles. The molecule has 0 radical (unpaired) electrons. The second kappa shape index (κ2) is 4.92. The molecule has 3 heteroatoms. The Morgan fingerprint density at radius 1 is 1.11 bits per heavy atom. The summed E-state index contributed by atoms with van der Waals surface area (Å²) < 4.78 is 5.29. The van der Waals surface area contributed by atoms with Gasteiger partial charge >= 0.3 is 5.97 Å². The van der Waals surface area contributed by atoms with Gasteiger partial charge in [0, 0.05) is 18.1 Å². The van der Waals surface area contributed by atoms with Gasteiger partial charge in [-0.25, -0.2) is 0 Å². The Hall–Kier alpha value is -1.64. The summed E-state index contributed by atoms with van der Waals surface area (Å²) in [6.45, 7) is 10.8.